The van der Waals surface area contributed by atoms with Crippen LogP contribution in [-0.4, -0.2) is 79.9 Å². The molecule has 0 aliphatic rings. The van der Waals surface area contributed by atoms with Crippen molar-refractivity contribution in [1.82, 2.24) is 0 Å². The Hall–Kier alpha value is -6.22. The minimum Gasteiger partial charge on any atom is -0.462 e. The number of ether oxygens (including phenoxy) is 2. The van der Waals surface area contributed by atoms with Crippen molar-refractivity contribution in [2.75, 3.05) is 84.8 Å². The van der Waals surface area contributed by atoms with Crippen LogP contribution in [0.3, 0.4) is 0 Å². The van der Waals surface area contributed by atoms with E-state index < -0.39 is 10.9 Å². The third-order valence-electron chi connectivity index (χ3n) is 8.67. The summed E-state index contributed by atoms with van der Waals surface area (Å²) in [4.78, 5) is 54.2. The van der Waals surface area contributed by atoms with Crippen molar-refractivity contribution < 1.29 is 54.0 Å². The topological polar surface area (TPSA) is 245 Å². The van der Waals surface area contributed by atoms with Crippen molar-refractivity contribution in [3.05, 3.63) is 111 Å². The highest BCUT2D eigenvalue weighted by molar-refractivity contribution is 5.92. The molecule has 338 valence electrons. The lowest BCUT2D eigenvalue weighted by Crippen LogP contribution is -2.12. The van der Waals surface area contributed by atoms with Gasteiger partial charge >= 0.3 is 11.9 Å². The zero-order valence-electron chi connectivity index (χ0n) is 35.8. The third kappa shape index (κ3) is 17.0. The summed E-state index contributed by atoms with van der Waals surface area (Å²) in [6, 6.07) is 20.6. The predicted octanol–water partition coefficient (Wildman–Crippen LogP) is 8.31. The Balaban J connectivity index is 0.000000330. The van der Waals surface area contributed by atoms with E-state index in [0.717, 1.165) is 35.3 Å². The number of hydrogen-bond donors (Lipinski definition) is 8. The van der Waals surface area contributed by atoms with Crippen LogP contribution in [0.2, 0.25) is 0 Å². The molecule has 0 bridgehead atoms. The summed E-state index contributed by atoms with van der Waals surface area (Å²) >= 11 is 0. The van der Waals surface area contributed by atoms with E-state index in [9.17, 15) is 30.1 Å². The van der Waals surface area contributed by atoms with Gasteiger partial charge in [-0.15, -0.1) is 0 Å². The smallest absolute Gasteiger partial charge is 0.338 e. The molecule has 0 aliphatic carbocycles. The van der Waals surface area contributed by atoms with Gasteiger partial charge in [0.2, 0.25) is 0 Å². The van der Waals surface area contributed by atoms with Gasteiger partial charge in [-0.25, -0.2) is 29.1 Å². The van der Waals surface area contributed by atoms with Crippen LogP contribution < -0.4 is 32.2 Å². The first-order valence-electron chi connectivity index (χ1n) is 20.3. The average Bonchev–Trinajstić information content (AvgIpc) is 3.27. The summed E-state index contributed by atoms with van der Waals surface area (Å²) in [5.74, 6) is -0.781. The molecule has 4 rings (SSSR count). The number of esters is 2. The van der Waals surface area contributed by atoms with Crippen LogP contribution in [0.25, 0.3) is 0 Å². The van der Waals surface area contributed by atoms with Gasteiger partial charge in [0, 0.05) is 37.9 Å². The second-order valence-electron chi connectivity index (χ2n) is 13.2. The first-order chi connectivity index (χ1) is 30.1. The quantitative estimate of drug-likeness (QED) is 0.00923. The van der Waals surface area contributed by atoms with Crippen LogP contribution in [0.1, 0.15) is 77.9 Å². The van der Waals surface area contributed by atoms with Gasteiger partial charge in [-0.2, -0.15) is 0 Å². The van der Waals surface area contributed by atoms with Crippen molar-refractivity contribution in [1.29, 1.82) is 0 Å². The zero-order valence-corrected chi connectivity index (χ0v) is 35.8. The summed E-state index contributed by atoms with van der Waals surface area (Å²) in [7, 11) is 0. The van der Waals surface area contributed by atoms with Crippen LogP contribution in [0.4, 0.5) is 39.8 Å². The van der Waals surface area contributed by atoms with Crippen LogP contribution in [-0.2, 0) is 42.2 Å². The molecular weight excluding hydrogens is 807 g/mol. The Morgan fingerprint density at radius 3 is 1.47 bits per heavy atom. The molecule has 4 aromatic carbocycles. The lowest BCUT2D eigenvalue weighted by Gasteiger charge is -2.14. The van der Waals surface area contributed by atoms with Gasteiger partial charge in [0.25, 0.3) is 5.69 Å². The number of hydrogen-bond acceptors (Lipinski definition) is 18. The highest BCUT2D eigenvalue weighted by atomic mass is 17.2. The van der Waals surface area contributed by atoms with E-state index in [4.69, 9.17) is 29.0 Å². The van der Waals surface area contributed by atoms with E-state index in [1.165, 1.54) is 12.1 Å². The molecule has 0 saturated heterocycles. The van der Waals surface area contributed by atoms with Crippen LogP contribution in [0, 0.1) is 17.0 Å². The molecule has 0 aliphatic heterocycles. The van der Waals surface area contributed by atoms with E-state index in [2.05, 4.69) is 32.2 Å². The second kappa shape index (κ2) is 28.3. The fourth-order valence-electron chi connectivity index (χ4n) is 5.69. The Bertz CT molecular complexity index is 2000. The maximum absolute atomic E-state index is 11.8. The molecule has 0 saturated carbocycles. The Morgan fingerprint density at radius 2 is 0.984 bits per heavy atom. The number of nitrogens with one attached hydrogen (secondary N) is 6. The molecule has 62 heavy (non-hydrogen) atoms. The van der Waals surface area contributed by atoms with Gasteiger partial charge in [0.15, 0.2) is 0 Å². The Morgan fingerprint density at radius 1 is 0.548 bits per heavy atom. The van der Waals surface area contributed by atoms with Gasteiger partial charge in [0.1, 0.15) is 18.9 Å². The van der Waals surface area contributed by atoms with E-state index in [1.54, 1.807) is 63.2 Å². The second-order valence-corrected chi connectivity index (χ2v) is 13.2. The van der Waals surface area contributed by atoms with Crippen LogP contribution in [0.5, 0.6) is 0 Å². The maximum Gasteiger partial charge on any atom is 0.338 e. The largest absolute Gasteiger partial charge is 0.462 e. The van der Waals surface area contributed by atoms with Gasteiger partial charge in [-0.05, 0) is 119 Å². The minimum absolute atomic E-state index is 0.00374. The van der Waals surface area contributed by atoms with Crippen LogP contribution >= 0.6 is 0 Å². The molecule has 0 atom stereocenters. The molecule has 4 aromatic rings. The van der Waals surface area contributed by atoms with Gasteiger partial charge in [0.05, 0.1) is 65.2 Å². The van der Waals surface area contributed by atoms with Crippen molar-refractivity contribution in [2.45, 2.75) is 60.7 Å². The van der Waals surface area contributed by atoms with Crippen molar-refractivity contribution in [3.63, 3.8) is 0 Å². The van der Waals surface area contributed by atoms with E-state index >= 15 is 0 Å². The first kappa shape index (κ1) is 50.1. The Labute approximate surface area is 361 Å². The summed E-state index contributed by atoms with van der Waals surface area (Å²) < 4.78 is 9.97. The van der Waals surface area contributed by atoms with Crippen molar-refractivity contribution >= 4 is 51.8 Å². The molecule has 0 aromatic heterocycles. The van der Waals surface area contributed by atoms with E-state index in [0.29, 0.717) is 85.4 Å². The number of anilines is 6. The van der Waals surface area contributed by atoms with Gasteiger partial charge in [-0.3, -0.25) is 31.5 Å². The number of aryl methyl sites for hydroxylation is 1. The standard InChI is InChI=1S/C22H29N3O6.C21H30N4O6/c1-4-29-22(26)18-8-10-19(16(3)13-18)23-11-6-12-24-20-9-7-17(15-31-30-5-2)14-21(20)25(27)28;1-3-29-21(26)16-7-9-18(20(13-16)25-28)23-11-5-10-22-17-8-6-15(12-19(17)24-27)14-31-30-4-2/h7-10,13-14,23-24H,4-6,11-12,15H2,1-3H3;6-9,12-13,22-25,27-28H,3-5,10-11,14H2,1-2H3. The van der Waals surface area contributed by atoms with Gasteiger partial charge < -0.3 is 30.7 Å². The third-order valence-corrected chi connectivity index (χ3v) is 8.67. The lowest BCUT2D eigenvalue weighted by atomic mass is 10.1. The summed E-state index contributed by atoms with van der Waals surface area (Å²) in [6.07, 6.45) is 1.50. The van der Waals surface area contributed by atoms with Gasteiger partial charge in [-0.1, -0.05) is 12.1 Å². The SMILES string of the molecule is CCOOCc1ccc(NCCCNc2ccc(C(=O)OCC)cc2C)c([N+](=O)[O-])c1.CCOOCc1ccc(NCCCNc2ccc(C(=O)OCC)cc2NO)c(NO)c1. The van der Waals surface area contributed by atoms with Crippen LogP contribution in [0.15, 0.2) is 72.8 Å². The monoisotopic (exact) mass is 865 g/mol. The minimum atomic E-state index is -0.446. The van der Waals surface area contributed by atoms with E-state index in [-0.39, 0.29) is 31.5 Å². The maximum atomic E-state index is 11.8. The predicted molar refractivity (Wildman–Crippen MR) is 236 cm³/mol. The number of nitro benzene ring substituents is 1. The molecule has 0 heterocycles. The fraction of sp³-hybridized carbons (Fsp3) is 0.395. The zero-order chi connectivity index (χ0) is 45.1. The molecule has 0 unspecified atom stereocenters. The molecule has 0 fully saturated rings. The highest BCUT2D eigenvalue weighted by Crippen LogP contribution is 2.27. The number of rotatable bonds is 27. The molecule has 19 heteroatoms. The number of nitro groups is 1. The average molecular weight is 866 g/mol. The summed E-state index contributed by atoms with van der Waals surface area (Å²) in [5, 5.41) is 43.0. The molecule has 19 nitrogen and oxygen atoms in total. The van der Waals surface area contributed by atoms with Crippen molar-refractivity contribution in [3.8, 4) is 0 Å². The highest BCUT2D eigenvalue weighted by Gasteiger charge is 2.15. The summed E-state index contributed by atoms with van der Waals surface area (Å²) in [6.45, 7) is 13.5. The molecule has 0 amide bonds. The molecule has 8 N–H and O–H groups in total. The van der Waals surface area contributed by atoms with Crippen molar-refractivity contribution in [2.24, 2.45) is 0 Å². The Kier molecular flexibility index (Phi) is 22.9. The number of carbonyl (C=O) groups excluding carboxylic acids is 2. The number of carbonyl (C=O) groups is 2. The first-order valence-corrected chi connectivity index (χ1v) is 20.3. The summed E-state index contributed by atoms with van der Waals surface area (Å²) in [5.41, 5.74) is 11.3. The molecule has 0 spiro atoms. The molecular formula is C43H59N7O12. The van der Waals surface area contributed by atoms with E-state index in [1.807, 2.05) is 32.0 Å². The number of benzene rings is 4. The lowest BCUT2D eigenvalue weighted by molar-refractivity contribution is -0.384. The normalized spacial score (nSPS) is 10.5. The molecule has 0 radical (unpaired) electrons. The number of nitrogens with zero attached hydrogens (tertiary/aromatic N) is 1. The fourth-order valence-corrected chi connectivity index (χ4v) is 5.69.